The molecule has 2 aliphatic rings. The number of nitrogens with zero attached hydrogens (tertiary/aromatic N) is 2. The molecule has 1 unspecified atom stereocenters. The maximum Gasteiger partial charge on any atom is 0.139 e. The topological polar surface area (TPSA) is 38.5 Å². The predicted octanol–water partition coefficient (Wildman–Crippen LogP) is 3.22. The molecule has 2 saturated heterocycles. The average molecular weight is 272 g/mol. The smallest absolute Gasteiger partial charge is 0.139 e. The van der Waals surface area contributed by atoms with E-state index < -0.39 is 0 Å². The van der Waals surface area contributed by atoms with E-state index in [-0.39, 0.29) is 0 Å². The highest BCUT2D eigenvalue weighted by Crippen LogP contribution is 2.46. The van der Waals surface area contributed by atoms with Gasteiger partial charge >= 0.3 is 0 Å². The summed E-state index contributed by atoms with van der Waals surface area (Å²) in [7, 11) is 0. The van der Waals surface area contributed by atoms with Crippen molar-refractivity contribution in [2.75, 3.05) is 24.7 Å². The van der Waals surface area contributed by atoms with Crippen molar-refractivity contribution in [2.45, 2.75) is 32.2 Å². The van der Waals surface area contributed by atoms with Crippen molar-refractivity contribution in [3.8, 4) is 0 Å². The number of aromatic nitrogens is 1. The van der Waals surface area contributed by atoms with Gasteiger partial charge in [-0.25, -0.2) is 4.98 Å². The lowest BCUT2D eigenvalue weighted by molar-refractivity contribution is 0.0128. The fraction of sp³-hybridized carbons (Fsp3) is 0.562. The van der Waals surface area contributed by atoms with Crippen LogP contribution in [-0.4, -0.2) is 30.8 Å². The summed E-state index contributed by atoms with van der Waals surface area (Å²) in [6.07, 6.45) is 7.19. The SMILES string of the molecule is CC1N(c2nccc3occc23)CCC12CCOCC2. The van der Waals surface area contributed by atoms with Gasteiger partial charge in [0.25, 0.3) is 0 Å². The highest BCUT2D eigenvalue weighted by Gasteiger charge is 2.46. The van der Waals surface area contributed by atoms with Gasteiger partial charge in [-0.15, -0.1) is 0 Å². The first-order valence-corrected chi connectivity index (χ1v) is 7.47. The number of anilines is 1. The van der Waals surface area contributed by atoms with E-state index in [1.54, 1.807) is 6.26 Å². The van der Waals surface area contributed by atoms with Gasteiger partial charge in [-0.3, -0.25) is 0 Å². The van der Waals surface area contributed by atoms with Gasteiger partial charge in [-0.1, -0.05) is 0 Å². The largest absolute Gasteiger partial charge is 0.464 e. The molecular weight excluding hydrogens is 252 g/mol. The van der Waals surface area contributed by atoms with Crippen molar-refractivity contribution in [1.82, 2.24) is 4.98 Å². The average Bonchev–Trinajstić information content (AvgIpc) is 3.07. The molecule has 2 aliphatic heterocycles. The summed E-state index contributed by atoms with van der Waals surface area (Å²) in [4.78, 5) is 7.09. The molecule has 0 bridgehead atoms. The third kappa shape index (κ3) is 1.67. The Morgan fingerprint density at radius 2 is 2.10 bits per heavy atom. The summed E-state index contributed by atoms with van der Waals surface area (Å²) in [5.74, 6) is 1.08. The molecule has 4 rings (SSSR count). The molecule has 2 aromatic heterocycles. The summed E-state index contributed by atoms with van der Waals surface area (Å²) < 4.78 is 11.1. The summed E-state index contributed by atoms with van der Waals surface area (Å²) in [5.41, 5.74) is 1.33. The van der Waals surface area contributed by atoms with Gasteiger partial charge in [0.05, 0.1) is 11.6 Å². The number of furan rings is 1. The van der Waals surface area contributed by atoms with Crippen molar-refractivity contribution in [2.24, 2.45) is 5.41 Å². The van der Waals surface area contributed by atoms with Crippen LogP contribution < -0.4 is 4.90 Å². The predicted molar refractivity (Wildman–Crippen MR) is 77.9 cm³/mol. The van der Waals surface area contributed by atoms with Gasteiger partial charge in [0.1, 0.15) is 11.4 Å². The molecule has 1 atom stereocenters. The summed E-state index contributed by atoms with van der Waals surface area (Å²) >= 11 is 0. The van der Waals surface area contributed by atoms with E-state index in [9.17, 15) is 0 Å². The van der Waals surface area contributed by atoms with Crippen LogP contribution in [0.1, 0.15) is 26.2 Å². The highest BCUT2D eigenvalue weighted by atomic mass is 16.5. The van der Waals surface area contributed by atoms with Crippen molar-refractivity contribution >= 4 is 16.8 Å². The minimum absolute atomic E-state index is 0.409. The molecule has 0 saturated carbocycles. The van der Waals surface area contributed by atoms with Crippen LogP contribution in [0, 0.1) is 5.41 Å². The number of ether oxygens (including phenoxy) is 1. The third-order valence-electron chi connectivity index (χ3n) is 5.32. The van der Waals surface area contributed by atoms with Gasteiger partial charge in [0.2, 0.25) is 0 Å². The van der Waals surface area contributed by atoms with Crippen molar-refractivity contribution < 1.29 is 9.15 Å². The molecule has 2 aromatic rings. The maximum absolute atomic E-state index is 5.55. The number of hydrogen-bond acceptors (Lipinski definition) is 4. The van der Waals surface area contributed by atoms with Crippen molar-refractivity contribution in [3.63, 3.8) is 0 Å². The van der Waals surface area contributed by atoms with Gasteiger partial charge in [-0.2, -0.15) is 0 Å². The van der Waals surface area contributed by atoms with E-state index >= 15 is 0 Å². The zero-order valence-corrected chi connectivity index (χ0v) is 11.8. The first-order chi connectivity index (χ1) is 9.80. The molecule has 4 nitrogen and oxygen atoms in total. The minimum Gasteiger partial charge on any atom is -0.464 e. The zero-order valence-electron chi connectivity index (χ0n) is 11.8. The number of hydrogen-bond donors (Lipinski definition) is 0. The Kier molecular flexibility index (Phi) is 2.74. The lowest BCUT2D eigenvalue weighted by Gasteiger charge is -2.39. The lowest BCUT2D eigenvalue weighted by Crippen LogP contribution is -2.41. The Morgan fingerprint density at radius 1 is 1.25 bits per heavy atom. The second-order valence-corrected chi connectivity index (χ2v) is 6.06. The van der Waals surface area contributed by atoms with Crippen molar-refractivity contribution in [1.29, 1.82) is 0 Å². The Labute approximate surface area is 118 Å². The van der Waals surface area contributed by atoms with Gasteiger partial charge in [-0.05, 0) is 43.7 Å². The number of rotatable bonds is 1. The normalized spacial score (nSPS) is 25.6. The molecule has 0 radical (unpaired) electrons. The van der Waals surface area contributed by atoms with Gasteiger partial charge in [0.15, 0.2) is 0 Å². The first kappa shape index (κ1) is 12.2. The highest BCUT2D eigenvalue weighted by molar-refractivity contribution is 5.88. The molecular formula is C16H20N2O2. The van der Waals surface area contributed by atoms with E-state index in [4.69, 9.17) is 9.15 Å². The van der Waals surface area contributed by atoms with Crippen LogP contribution >= 0.6 is 0 Å². The molecule has 4 heteroatoms. The van der Waals surface area contributed by atoms with Crippen LogP contribution in [0.4, 0.5) is 5.82 Å². The lowest BCUT2D eigenvalue weighted by atomic mass is 9.74. The standard InChI is InChI=1S/C16H20N2O2/c1-12-16(5-10-19-11-6-16)4-8-18(12)15-13-3-9-20-14(13)2-7-17-15/h2-3,7,9,12H,4-6,8,10-11H2,1H3. The zero-order chi connectivity index (χ0) is 13.6. The quantitative estimate of drug-likeness (QED) is 0.799. The summed E-state index contributed by atoms with van der Waals surface area (Å²) in [6, 6.07) is 4.47. The second kappa shape index (κ2) is 4.48. The monoisotopic (exact) mass is 272 g/mol. The Hall–Kier alpha value is -1.55. The Balaban J connectivity index is 1.71. The first-order valence-electron chi connectivity index (χ1n) is 7.47. The van der Waals surface area contributed by atoms with Gasteiger partial charge in [0, 0.05) is 32.0 Å². The molecule has 20 heavy (non-hydrogen) atoms. The molecule has 0 aliphatic carbocycles. The van der Waals surface area contributed by atoms with E-state index in [1.165, 1.54) is 19.3 Å². The van der Waals surface area contributed by atoms with E-state index in [0.717, 1.165) is 36.5 Å². The molecule has 0 amide bonds. The van der Waals surface area contributed by atoms with Crippen LogP contribution in [0.15, 0.2) is 29.0 Å². The van der Waals surface area contributed by atoms with Crippen LogP contribution in [0.25, 0.3) is 11.0 Å². The second-order valence-electron chi connectivity index (χ2n) is 6.06. The van der Waals surface area contributed by atoms with Crippen LogP contribution in [0.3, 0.4) is 0 Å². The van der Waals surface area contributed by atoms with E-state index in [1.807, 2.05) is 18.3 Å². The molecule has 0 N–H and O–H groups in total. The van der Waals surface area contributed by atoms with Crippen LogP contribution in [0.5, 0.6) is 0 Å². The minimum atomic E-state index is 0.409. The number of fused-ring (bicyclic) bond motifs is 1. The Morgan fingerprint density at radius 3 is 2.95 bits per heavy atom. The van der Waals surface area contributed by atoms with E-state index in [0.29, 0.717) is 11.5 Å². The summed E-state index contributed by atoms with van der Waals surface area (Å²) in [6.45, 7) is 5.24. The maximum atomic E-state index is 5.55. The van der Waals surface area contributed by atoms with Gasteiger partial charge < -0.3 is 14.1 Å². The molecule has 2 fully saturated rings. The molecule has 106 valence electrons. The summed E-state index contributed by atoms with van der Waals surface area (Å²) in [5, 5.41) is 1.13. The third-order valence-corrected chi connectivity index (χ3v) is 5.32. The van der Waals surface area contributed by atoms with Crippen LogP contribution in [0.2, 0.25) is 0 Å². The molecule has 0 aromatic carbocycles. The molecule has 4 heterocycles. The van der Waals surface area contributed by atoms with Crippen LogP contribution in [-0.2, 0) is 4.74 Å². The Bertz CT molecular complexity index is 616. The van der Waals surface area contributed by atoms with Crippen molar-refractivity contribution in [3.05, 3.63) is 24.6 Å². The fourth-order valence-corrected chi connectivity index (χ4v) is 3.92. The molecule has 1 spiro atoms. The fourth-order valence-electron chi connectivity index (χ4n) is 3.92. The number of pyridine rings is 1. The van der Waals surface area contributed by atoms with E-state index in [2.05, 4.69) is 16.8 Å².